The first-order valence-corrected chi connectivity index (χ1v) is 7.49. The fourth-order valence-electron chi connectivity index (χ4n) is 2.38. The van der Waals surface area contributed by atoms with Crippen LogP contribution < -0.4 is 5.32 Å². The van der Waals surface area contributed by atoms with Crippen molar-refractivity contribution in [2.24, 2.45) is 0 Å². The molecule has 108 valence electrons. The zero-order valence-corrected chi connectivity index (χ0v) is 12.5. The number of hydrogen-bond acceptors (Lipinski definition) is 2. The molecule has 0 saturated carbocycles. The molecule has 0 bridgehead atoms. The number of nitrogens with one attached hydrogen (secondary N) is 1. The third-order valence-electron chi connectivity index (χ3n) is 3.59. The maximum absolute atomic E-state index is 4.05. The van der Waals surface area contributed by atoms with Gasteiger partial charge in [0.1, 0.15) is 0 Å². The highest BCUT2D eigenvalue weighted by atomic mass is 15.0. The number of imidazole rings is 1. The van der Waals surface area contributed by atoms with Crippen molar-refractivity contribution in [1.29, 1.82) is 0 Å². The molecule has 20 heavy (non-hydrogen) atoms. The summed E-state index contributed by atoms with van der Waals surface area (Å²) < 4.78 is 2.12. The molecule has 1 aromatic carbocycles. The molecule has 2 aromatic rings. The van der Waals surface area contributed by atoms with E-state index in [4.69, 9.17) is 0 Å². The van der Waals surface area contributed by atoms with Gasteiger partial charge in [0.05, 0.1) is 6.33 Å². The molecule has 3 heteroatoms. The molecule has 1 N–H and O–H groups in total. The van der Waals surface area contributed by atoms with Crippen LogP contribution in [0.15, 0.2) is 43.0 Å². The van der Waals surface area contributed by atoms with Crippen molar-refractivity contribution >= 4 is 0 Å². The number of hydrogen-bond donors (Lipinski definition) is 1. The molecule has 0 fully saturated rings. The molecule has 0 radical (unpaired) electrons. The maximum atomic E-state index is 4.05. The minimum absolute atomic E-state index is 0.568. The number of nitrogens with zero attached hydrogens (tertiary/aromatic N) is 2. The maximum Gasteiger partial charge on any atom is 0.0945 e. The highest BCUT2D eigenvalue weighted by molar-refractivity contribution is 5.22. The van der Waals surface area contributed by atoms with Gasteiger partial charge in [-0.05, 0) is 45.2 Å². The molecule has 1 unspecified atom stereocenters. The van der Waals surface area contributed by atoms with Crippen LogP contribution in [0, 0.1) is 6.92 Å². The lowest BCUT2D eigenvalue weighted by Crippen LogP contribution is -2.28. The Morgan fingerprint density at radius 1 is 1.35 bits per heavy atom. The summed E-state index contributed by atoms with van der Waals surface area (Å²) in [6, 6.07) is 9.37. The molecular weight excluding hydrogens is 246 g/mol. The average Bonchev–Trinajstić information content (AvgIpc) is 2.95. The van der Waals surface area contributed by atoms with E-state index in [-0.39, 0.29) is 0 Å². The third-order valence-corrected chi connectivity index (χ3v) is 3.59. The van der Waals surface area contributed by atoms with Gasteiger partial charge in [-0.2, -0.15) is 0 Å². The van der Waals surface area contributed by atoms with Crippen LogP contribution in [0.3, 0.4) is 0 Å². The number of benzene rings is 1. The van der Waals surface area contributed by atoms with Gasteiger partial charge in [0.15, 0.2) is 0 Å². The molecule has 0 saturated heterocycles. The van der Waals surface area contributed by atoms with Gasteiger partial charge < -0.3 is 9.88 Å². The fraction of sp³-hybridized carbons (Fsp3) is 0.471. The summed E-state index contributed by atoms with van der Waals surface area (Å²) in [6.45, 7) is 6.53. The van der Waals surface area contributed by atoms with Crippen molar-refractivity contribution in [2.75, 3.05) is 6.54 Å². The molecule has 0 amide bonds. The van der Waals surface area contributed by atoms with Crippen LogP contribution in [-0.2, 0) is 13.0 Å². The largest absolute Gasteiger partial charge is 0.337 e. The summed E-state index contributed by atoms with van der Waals surface area (Å²) in [7, 11) is 0. The van der Waals surface area contributed by atoms with Crippen LogP contribution in [0.4, 0.5) is 0 Å². The predicted octanol–water partition coefficient (Wildman–Crippen LogP) is 3.19. The van der Waals surface area contributed by atoms with Crippen molar-refractivity contribution in [1.82, 2.24) is 14.9 Å². The van der Waals surface area contributed by atoms with Crippen molar-refractivity contribution in [3.8, 4) is 0 Å². The molecule has 3 nitrogen and oxygen atoms in total. The van der Waals surface area contributed by atoms with Crippen molar-refractivity contribution in [3.05, 3.63) is 54.1 Å². The van der Waals surface area contributed by atoms with Crippen LogP contribution in [0.2, 0.25) is 0 Å². The van der Waals surface area contributed by atoms with Crippen LogP contribution in [-0.4, -0.2) is 22.1 Å². The summed E-state index contributed by atoms with van der Waals surface area (Å²) >= 11 is 0. The van der Waals surface area contributed by atoms with Crippen LogP contribution in [0.5, 0.6) is 0 Å². The Morgan fingerprint density at radius 3 is 3.00 bits per heavy atom. The van der Waals surface area contributed by atoms with Gasteiger partial charge >= 0.3 is 0 Å². The fourth-order valence-corrected chi connectivity index (χ4v) is 2.38. The van der Waals surface area contributed by atoms with Gasteiger partial charge in [0.25, 0.3) is 0 Å². The average molecular weight is 271 g/mol. The van der Waals surface area contributed by atoms with Crippen LogP contribution in [0.1, 0.15) is 30.9 Å². The first-order valence-electron chi connectivity index (χ1n) is 7.49. The summed E-state index contributed by atoms with van der Waals surface area (Å²) in [5.74, 6) is 0. The van der Waals surface area contributed by atoms with E-state index in [9.17, 15) is 0 Å². The predicted molar refractivity (Wildman–Crippen MR) is 83.8 cm³/mol. The van der Waals surface area contributed by atoms with Crippen molar-refractivity contribution in [2.45, 2.75) is 45.7 Å². The topological polar surface area (TPSA) is 29.9 Å². The second-order valence-corrected chi connectivity index (χ2v) is 5.54. The lowest BCUT2D eigenvalue weighted by molar-refractivity contribution is 0.489. The molecule has 0 spiro atoms. The highest BCUT2D eigenvalue weighted by Gasteiger charge is 2.02. The molecule has 1 heterocycles. The van der Waals surface area contributed by atoms with E-state index in [2.05, 4.69) is 53.0 Å². The molecule has 0 aliphatic heterocycles. The summed E-state index contributed by atoms with van der Waals surface area (Å²) in [4.78, 5) is 4.05. The van der Waals surface area contributed by atoms with E-state index in [0.29, 0.717) is 6.04 Å². The third kappa shape index (κ3) is 5.17. The monoisotopic (exact) mass is 271 g/mol. The lowest BCUT2D eigenvalue weighted by Gasteiger charge is -2.14. The number of rotatable bonds is 8. The Bertz CT molecular complexity index is 491. The molecule has 1 aromatic heterocycles. The van der Waals surface area contributed by atoms with Gasteiger partial charge in [-0.1, -0.05) is 29.8 Å². The summed E-state index contributed by atoms with van der Waals surface area (Å²) in [6.07, 6.45) is 9.21. The Hall–Kier alpha value is -1.61. The molecule has 1 atom stereocenters. The van der Waals surface area contributed by atoms with Gasteiger partial charge in [0.2, 0.25) is 0 Å². The SMILES string of the molecule is Cc1cccc(CCC(C)NCCCn2ccnc2)c1. The zero-order chi connectivity index (χ0) is 14.2. The van der Waals surface area contributed by atoms with Crippen LogP contribution >= 0.6 is 0 Å². The Kier molecular flexibility index (Phi) is 5.81. The normalized spacial score (nSPS) is 12.5. The van der Waals surface area contributed by atoms with E-state index in [1.165, 1.54) is 17.5 Å². The zero-order valence-electron chi connectivity index (χ0n) is 12.5. The second kappa shape index (κ2) is 7.85. The standard InChI is InChI=1S/C17H25N3/c1-15-5-3-6-17(13-15)8-7-16(2)19-9-4-11-20-12-10-18-14-20/h3,5-6,10,12-14,16,19H,4,7-9,11H2,1-2H3. The van der Waals surface area contributed by atoms with E-state index >= 15 is 0 Å². The quantitative estimate of drug-likeness (QED) is 0.747. The summed E-state index contributed by atoms with van der Waals surface area (Å²) in [5, 5.41) is 3.60. The van der Waals surface area contributed by atoms with Gasteiger partial charge in [0, 0.05) is 25.0 Å². The first-order chi connectivity index (χ1) is 9.74. The summed E-state index contributed by atoms with van der Waals surface area (Å²) in [5.41, 5.74) is 2.79. The minimum atomic E-state index is 0.568. The molecule has 2 rings (SSSR count). The first kappa shape index (κ1) is 14.8. The Balaban J connectivity index is 1.59. The van der Waals surface area contributed by atoms with E-state index < -0.39 is 0 Å². The molecular formula is C17H25N3. The van der Waals surface area contributed by atoms with Crippen LogP contribution in [0.25, 0.3) is 0 Å². The van der Waals surface area contributed by atoms with E-state index in [1.54, 1.807) is 0 Å². The Morgan fingerprint density at radius 2 is 2.25 bits per heavy atom. The van der Waals surface area contributed by atoms with E-state index in [1.807, 2.05) is 18.7 Å². The smallest absolute Gasteiger partial charge is 0.0945 e. The number of aromatic nitrogens is 2. The van der Waals surface area contributed by atoms with Gasteiger partial charge in [-0.3, -0.25) is 0 Å². The minimum Gasteiger partial charge on any atom is -0.337 e. The van der Waals surface area contributed by atoms with Gasteiger partial charge in [-0.25, -0.2) is 4.98 Å². The Labute approximate surface area is 122 Å². The molecule has 0 aliphatic carbocycles. The van der Waals surface area contributed by atoms with Crippen molar-refractivity contribution in [3.63, 3.8) is 0 Å². The van der Waals surface area contributed by atoms with Crippen molar-refractivity contribution < 1.29 is 0 Å². The van der Waals surface area contributed by atoms with E-state index in [0.717, 1.165) is 25.9 Å². The number of aryl methyl sites for hydroxylation is 3. The highest BCUT2D eigenvalue weighted by Crippen LogP contribution is 2.08. The second-order valence-electron chi connectivity index (χ2n) is 5.54. The molecule has 0 aliphatic rings. The van der Waals surface area contributed by atoms with Gasteiger partial charge in [-0.15, -0.1) is 0 Å². The lowest BCUT2D eigenvalue weighted by atomic mass is 10.0.